The summed E-state index contributed by atoms with van der Waals surface area (Å²) in [4.78, 5) is 22.7. The Bertz CT molecular complexity index is 1590. The van der Waals surface area contributed by atoms with Gasteiger partial charge >= 0.3 is 6.18 Å². The summed E-state index contributed by atoms with van der Waals surface area (Å²) in [6.07, 6.45) is 1.83. The Kier molecular flexibility index (Phi) is 7.32. The van der Waals surface area contributed by atoms with Gasteiger partial charge in [-0.1, -0.05) is 36.3 Å². The molecule has 12 heteroatoms. The van der Waals surface area contributed by atoms with E-state index in [-0.39, 0.29) is 57.9 Å². The summed E-state index contributed by atoms with van der Waals surface area (Å²) in [7, 11) is 5.04. The van der Waals surface area contributed by atoms with Crippen LogP contribution in [0.2, 0.25) is 0 Å². The number of fused-ring (bicyclic) bond motifs is 1. The number of ether oxygens (including phenoxy) is 2. The van der Waals surface area contributed by atoms with Crippen molar-refractivity contribution in [1.82, 2.24) is 24.5 Å². The van der Waals surface area contributed by atoms with Crippen LogP contribution in [0.4, 0.5) is 13.2 Å². The maximum Gasteiger partial charge on any atom is 0.435 e. The van der Waals surface area contributed by atoms with Crippen molar-refractivity contribution in [3.8, 4) is 40.8 Å². The number of methoxy groups -OCH3 is 1. The van der Waals surface area contributed by atoms with E-state index in [1.165, 1.54) is 25.3 Å². The van der Waals surface area contributed by atoms with Crippen LogP contribution in [0.15, 0.2) is 45.6 Å². The van der Waals surface area contributed by atoms with E-state index in [1.807, 2.05) is 19.0 Å². The van der Waals surface area contributed by atoms with Gasteiger partial charge in [0.1, 0.15) is 23.7 Å². The fraction of sp³-hybridized carbons (Fsp3) is 0.269. The standard InChI is InChI=1S/C26H24F3N5O4/c1-6-10-17(36-5)20-15(2)38-24(30-20)19-23(37-14-13-33(3)4)31-22-18(16-11-8-7-9-12-16)21(26(27,28)29)32-34(22)25(19)35/h1,7-12,31H,13-14H2,2-5H3/b17-10+. The van der Waals surface area contributed by atoms with Crippen molar-refractivity contribution in [2.75, 3.05) is 34.4 Å². The number of oxazole rings is 1. The first-order valence-corrected chi connectivity index (χ1v) is 11.3. The highest BCUT2D eigenvalue weighted by molar-refractivity contribution is 5.82. The molecule has 0 aliphatic carbocycles. The molecule has 1 N–H and O–H groups in total. The Hall–Kier alpha value is -4.50. The number of H-pyrrole nitrogens is 1. The molecular weight excluding hydrogens is 503 g/mol. The molecule has 0 bridgehead atoms. The third-order valence-electron chi connectivity index (χ3n) is 5.54. The molecule has 0 aliphatic heterocycles. The zero-order chi connectivity index (χ0) is 27.6. The number of hydrogen-bond acceptors (Lipinski definition) is 7. The molecule has 0 unspecified atom stereocenters. The zero-order valence-corrected chi connectivity index (χ0v) is 21.0. The van der Waals surface area contributed by atoms with E-state index in [0.717, 1.165) is 0 Å². The van der Waals surface area contributed by atoms with E-state index in [2.05, 4.69) is 21.0 Å². The summed E-state index contributed by atoms with van der Waals surface area (Å²) >= 11 is 0. The maximum atomic E-state index is 14.1. The minimum atomic E-state index is -4.84. The fourth-order valence-corrected chi connectivity index (χ4v) is 3.79. The number of nitrogens with zero attached hydrogens (tertiary/aromatic N) is 4. The first kappa shape index (κ1) is 26.6. The number of aromatic amines is 1. The first-order valence-electron chi connectivity index (χ1n) is 11.3. The molecule has 9 nitrogen and oxygen atoms in total. The van der Waals surface area contributed by atoms with Crippen LogP contribution in [-0.4, -0.2) is 58.8 Å². The van der Waals surface area contributed by atoms with E-state index < -0.39 is 17.4 Å². The normalized spacial score (nSPS) is 12.2. The van der Waals surface area contributed by atoms with Crippen molar-refractivity contribution in [2.24, 2.45) is 0 Å². The monoisotopic (exact) mass is 527 g/mol. The third kappa shape index (κ3) is 5.01. The second-order valence-electron chi connectivity index (χ2n) is 8.44. The van der Waals surface area contributed by atoms with E-state index in [1.54, 1.807) is 25.1 Å². The SMILES string of the molecule is C#C/C=C(/OC)c1nc(-c2c(OCCN(C)C)[nH]c3c(-c4ccccc4)c(C(F)(F)F)nn3c2=O)oc1C. The number of alkyl halides is 3. The second-order valence-corrected chi connectivity index (χ2v) is 8.44. The Labute approximate surface area is 215 Å². The van der Waals surface area contributed by atoms with Gasteiger partial charge < -0.3 is 23.8 Å². The summed E-state index contributed by atoms with van der Waals surface area (Å²) < 4.78 is 59.8. The van der Waals surface area contributed by atoms with Crippen LogP contribution in [0, 0.1) is 19.3 Å². The van der Waals surface area contributed by atoms with Crippen molar-refractivity contribution in [2.45, 2.75) is 13.1 Å². The van der Waals surface area contributed by atoms with Crippen LogP contribution in [0.1, 0.15) is 17.1 Å². The number of terminal acetylenes is 1. The van der Waals surface area contributed by atoms with Crippen LogP contribution in [0.3, 0.4) is 0 Å². The Morgan fingerprint density at radius 1 is 1.26 bits per heavy atom. The molecule has 0 radical (unpaired) electrons. The lowest BCUT2D eigenvalue weighted by Crippen LogP contribution is -2.23. The van der Waals surface area contributed by atoms with Crippen LogP contribution in [0.25, 0.3) is 34.0 Å². The number of nitrogens with one attached hydrogen (secondary N) is 1. The molecule has 0 fully saturated rings. The van der Waals surface area contributed by atoms with Crippen LogP contribution in [-0.2, 0) is 10.9 Å². The lowest BCUT2D eigenvalue weighted by atomic mass is 10.1. The molecule has 38 heavy (non-hydrogen) atoms. The van der Waals surface area contributed by atoms with Crippen molar-refractivity contribution in [3.05, 3.63) is 63.9 Å². The number of aryl methyl sites for hydroxylation is 1. The molecule has 4 rings (SSSR count). The molecular formula is C26H24F3N5O4. The minimum Gasteiger partial charge on any atom is -0.494 e. The maximum absolute atomic E-state index is 14.1. The number of allylic oxidation sites excluding steroid dienone is 1. The van der Waals surface area contributed by atoms with E-state index in [0.29, 0.717) is 11.1 Å². The fourth-order valence-electron chi connectivity index (χ4n) is 3.79. The molecule has 0 spiro atoms. The number of rotatable bonds is 8. The molecule has 0 saturated carbocycles. The summed E-state index contributed by atoms with van der Waals surface area (Å²) in [5, 5.41) is 3.66. The minimum absolute atomic E-state index is 0.111. The second kappa shape index (κ2) is 10.5. The molecule has 3 heterocycles. The molecule has 198 valence electrons. The predicted molar refractivity (Wildman–Crippen MR) is 134 cm³/mol. The smallest absolute Gasteiger partial charge is 0.435 e. The largest absolute Gasteiger partial charge is 0.494 e. The third-order valence-corrected chi connectivity index (χ3v) is 5.54. The van der Waals surface area contributed by atoms with Crippen LogP contribution >= 0.6 is 0 Å². The number of likely N-dealkylation sites (N-methyl/N-ethyl adjacent to an activating group) is 1. The highest BCUT2D eigenvalue weighted by atomic mass is 19.4. The summed E-state index contributed by atoms with van der Waals surface area (Å²) in [6.45, 7) is 2.15. The molecule has 3 aromatic heterocycles. The molecule has 0 saturated heterocycles. The number of aromatic nitrogens is 4. The molecule has 4 aromatic rings. The van der Waals surface area contributed by atoms with Crippen molar-refractivity contribution in [3.63, 3.8) is 0 Å². The van der Waals surface area contributed by atoms with Crippen LogP contribution < -0.4 is 10.3 Å². The van der Waals surface area contributed by atoms with Gasteiger partial charge in [0, 0.05) is 12.6 Å². The van der Waals surface area contributed by atoms with Gasteiger partial charge in [-0.15, -0.1) is 6.42 Å². The van der Waals surface area contributed by atoms with Gasteiger partial charge in [0.2, 0.25) is 11.8 Å². The van der Waals surface area contributed by atoms with Crippen molar-refractivity contribution in [1.29, 1.82) is 0 Å². The lowest BCUT2D eigenvalue weighted by Gasteiger charge is -2.13. The highest BCUT2D eigenvalue weighted by Gasteiger charge is 2.40. The quantitative estimate of drug-likeness (QED) is 0.271. The molecule has 1 aromatic carbocycles. The van der Waals surface area contributed by atoms with Crippen molar-refractivity contribution < 1.29 is 27.1 Å². The molecule has 0 amide bonds. The summed E-state index contributed by atoms with van der Waals surface area (Å²) in [5.74, 6) is 2.48. The number of halogens is 3. The summed E-state index contributed by atoms with van der Waals surface area (Å²) in [5.41, 5.74) is -2.42. The Balaban J connectivity index is 2.03. The zero-order valence-electron chi connectivity index (χ0n) is 21.0. The van der Waals surface area contributed by atoms with Gasteiger partial charge in [-0.3, -0.25) is 4.79 Å². The highest BCUT2D eigenvalue weighted by Crippen LogP contribution is 2.39. The molecule has 0 aliphatic rings. The van der Waals surface area contributed by atoms with E-state index >= 15 is 0 Å². The van der Waals surface area contributed by atoms with E-state index in [9.17, 15) is 18.0 Å². The first-order chi connectivity index (χ1) is 18.1. The van der Waals surface area contributed by atoms with Gasteiger partial charge in [0.25, 0.3) is 5.56 Å². The van der Waals surface area contributed by atoms with Crippen LogP contribution in [0.5, 0.6) is 5.88 Å². The van der Waals surface area contributed by atoms with Gasteiger partial charge in [-0.2, -0.15) is 22.8 Å². The Morgan fingerprint density at radius 3 is 2.58 bits per heavy atom. The van der Waals surface area contributed by atoms with Gasteiger partial charge in [-0.25, -0.2) is 4.98 Å². The van der Waals surface area contributed by atoms with E-state index in [4.69, 9.17) is 20.3 Å². The average molecular weight is 528 g/mol. The number of benzene rings is 1. The summed E-state index contributed by atoms with van der Waals surface area (Å²) in [6, 6.07) is 7.85. The van der Waals surface area contributed by atoms with Gasteiger partial charge in [0.15, 0.2) is 17.0 Å². The number of hydrogen-bond donors (Lipinski definition) is 1. The predicted octanol–water partition coefficient (Wildman–Crippen LogP) is 4.23. The van der Waals surface area contributed by atoms with Crippen molar-refractivity contribution >= 4 is 11.4 Å². The topological polar surface area (TPSA) is 97.9 Å². The van der Waals surface area contributed by atoms with Gasteiger partial charge in [-0.05, 0) is 26.6 Å². The lowest BCUT2D eigenvalue weighted by molar-refractivity contribution is -0.140. The average Bonchev–Trinajstić information content (AvgIpc) is 3.44. The molecule has 0 atom stereocenters. The Morgan fingerprint density at radius 2 is 1.97 bits per heavy atom. The van der Waals surface area contributed by atoms with Gasteiger partial charge in [0.05, 0.1) is 12.7 Å².